The lowest BCUT2D eigenvalue weighted by Gasteiger charge is -2.25. The van der Waals surface area contributed by atoms with Crippen molar-refractivity contribution < 1.29 is 18.8 Å². The summed E-state index contributed by atoms with van der Waals surface area (Å²) < 4.78 is 10.6. The van der Waals surface area contributed by atoms with Crippen LogP contribution in [0.25, 0.3) is 0 Å². The van der Waals surface area contributed by atoms with Crippen LogP contribution in [0.2, 0.25) is 0 Å². The van der Waals surface area contributed by atoms with Crippen molar-refractivity contribution in [3.05, 3.63) is 41.7 Å². The molecule has 0 bridgehead atoms. The van der Waals surface area contributed by atoms with Crippen LogP contribution in [0, 0.1) is 6.92 Å². The normalized spacial score (nSPS) is 16.0. The molecule has 1 aliphatic heterocycles. The molecule has 2 aromatic rings. The van der Waals surface area contributed by atoms with Gasteiger partial charge in [-0.3, -0.25) is 4.79 Å². The molecule has 0 spiro atoms. The third-order valence-corrected chi connectivity index (χ3v) is 4.55. The molecule has 0 saturated carbocycles. The highest BCUT2D eigenvalue weighted by molar-refractivity contribution is 5.96. The topological polar surface area (TPSA) is 96.7 Å². The van der Waals surface area contributed by atoms with Gasteiger partial charge >= 0.3 is 6.03 Å². The maximum absolute atomic E-state index is 12.8. The molecular formula is C20H26N4O4. The molecule has 1 aromatic carbocycles. The average molecular weight is 386 g/mol. The van der Waals surface area contributed by atoms with Crippen molar-refractivity contribution in [1.29, 1.82) is 0 Å². The zero-order valence-corrected chi connectivity index (χ0v) is 16.2. The van der Waals surface area contributed by atoms with Gasteiger partial charge in [0, 0.05) is 24.9 Å². The van der Waals surface area contributed by atoms with E-state index in [4.69, 9.17) is 9.26 Å². The van der Waals surface area contributed by atoms with Gasteiger partial charge in [-0.15, -0.1) is 0 Å². The van der Waals surface area contributed by atoms with Gasteiger partial charge in [0.05, 0.1) is 6.10 Å². The van der Waals surface area contributed by atoms with Crippen LogP contribution in [0.1, 0.15) is 31.1 Å². The van der Waals surface area contributed by atoms with E-state index in [-0.39, 0.29) is 24.6 Å². The second-order valence-corrected chi connectivity index (χ2v) is 6.87. The van der Waals surface area contributed by atoms with Crippen LogP contribution in [0.3, 0.4) is 0 Å². The average Bonchev–Trinajstić information content (AvgIpc) is 3.33. The lowest BCUT2D eigenvalue weighted by molar-refractivity contribution is -0.117. The molecule has 1 aliphatic rings. The number of amides is 3. The van der Waals surface area contributed by atoms with E-state index in [0.29, 0.717) is 30.4 Å². The van der Waals surface area contributed by atoms with Gasteiger partial charge in [0.2, 0.25) is 5.91 Å². The number of anilines is 2. The fourth-order valence-electron chi connectivity index (χ4n) is 3.11. The first-order valence-corrected chi connectivity index (χ1v) is 9.53. The van der Waals surface area contributed by atoms with Gasteiger partial charge in [0.15, 0.2) is 5.82 Å². The highest BCUT2D eigenvalue weighted by atomic mass is 16.5. The number of aromatic nitrogens is 1. The molecule has 3 amide bonds. The number of ether oxygens (including phenoxy) is 1. The summed E-state index contributed by atoms with van der Waals surface area (Å²) >= 11 is 0. The lowest BCUT2D eigenvalue weighted by atomic mass is 10.1. The van der Waals surface area contributed by atoms with E-state index in [2.05, 4.69) is 22.7 Å². The molecule has 1 unspecified atom stereocenters. The van der Waals surface area contributed by atoms with Gasteiger partial charge < -0.3 is 24.8 Å². The highest BCUT2D eigenvalue weighted by Gasteiger charge is 2.25. The summed E-state index contributed by atoms with van der Waals surface area (Å²) in [6.07, 6.45) is 2.65. The molecule has 8 nitrogen and oxygen atoms in total. The van der Waals surface area contributed by atoms with E-state index in [9.17, 15) is 9.59 Å². The Balaban J connectivity index is 1.66. The van der Waals surface area contributed by atoms with E-state index < -0.39 is 0 Å². The summed E-state index contributed by atoms with van der Waals surface area (Å²) in [7, 11) is 0. The third-order valence-electron chi connectivity index (χ3n) is 4.55. The number of nitrogens with one attached hydrogen (secondary N) is 2. The van der Waals surface area contributed by atoms with Gasteiger partial charge in [0.1, 0.15) is 12.3 Å². The monoisotopic (exact) mass is 386 g/mol. The molecule has 8 heteroatoms. The number of nitrogens with zero attached hydrogens (tertiary/aromatic N) is 2. The number of hydrogen-bond acceptors (Lipinski definition) is 5. The molecule has 1 fully saturated rings. The number of hydrogen-bond donors (Lipinski definition) is 2. The Kier molecular flexibility index (Phi) is 6.65. The number of rotatable bonds is 7. The van der Waals surface area contributed by atoms with Crippen molar-refractivity contribution in [3.63, 3.8) is 0 Å². The quantitative estimate of drug-likeness (QED) is 0.762. The Bertz CT molecular complexity index is 814. The van der Waals surface area contributed by atoms with Crippen molar-refractivity contribution in [1.82, 2.24) is 10.1 Å². The first kappa shape index (κ1) is 19.9. The Morgan fingerprint density at radius 1 is 1.29 bits per heavy atom. The van der Waals surface area contributed by atoms with Crippen LogP contribution < -0.4 is 10.6 Å². The SMILES string of the molecule is CCc1cccc(NC(=O)N(CC(=O)Nc2cc(C)on2)CC2CCCO2)c1. The first-order chi connectivity index (χ1) is 13.5. The summed E-state index contributed by atoms with van der Waals surface area (Å²) in [4.78, 5) is 26.7. The molecule has 2 N–H and O–H groups in total. The minimum absolute atomic E-state index is 0.0604. The van der Waals surface area contributed by atoms with Crippen molar-refractivity contribution in [2.45, 2.75) is 39.2 Å². The number of aryl methyl sites for hydroxylation is 2. The predicted molar refractivity (Wildman–Crippen MR) is 105 cm³/mol. The van der Waals surface area contributed by atoms with Crippen molar-refractivity contribution in [2.24, 2.45) is 0 Å². The van der Waals surface area contributed by atoms with Gasteiger partial charge in [0.25, 0.3) is 0 Å². The smallest absolute Gasteiger partial charge is 0.322 e. The lowest BCUT2D eigenvalue weighted by Crippen LogP contribution is -2.44. The maximum atomic E-state index is 12.8. The molecule has 150 valence electrons. The van der Waals surface area contributed by atoms with E-state index in [1.54, 1.807) is 13.0 Å². The molecular weight excluding hydrogens is 360 g/mol. The number of benzene rings is 1. The summed E-state index contributed by atoms with van der Waals surface area (Å²) in [5.74, 6) is 0.583. The fraction of sp³-hybridized carbons (Fsp3) is 0.450. The fourth-order valence-corrected chi connectivity index (χ4v) is 3.11. The summed E-state index contributed by atoms with van der Waals surface area (Å²) in [5, 5.41) is 9.28. The first-order valence-electron chi connectivity index (χ1n) is 9.53. The van der Waals surface area contributed by atoms with Gasteiger partial charge in [-0.1, -0.05) is 24.2 Å². The summed E-state index contributed by atoms with van der Waals surface area (Å²) in [5.41, 5.74) is 1.83. The molecule has 0 radical (unpaired) electrons. The van der Waals surface area contributed by atoms with Crippen LogP contribution in [0.5, 0.6) is 0 Å². The number of urea groups is 1. The summed E-state index contributed by atoms with van der Waals surface area (Å²) in [6, 6.07) is 8.96. The van der Waals surface area contributed by atoms with Crippen molar-refractivity contribution >= 4 is 23.4 Å². The van der Waals surface area contributed by atoms with Crippen LogP contribution in [-0.2, 0) is 16.0 Å². The molecule has 28 heavy (non-hydrogen) atoms. The molecule has 1 saturated heterocycles. The van der Waals surface area contributed by atoms with Crippen molar-refractivity contribution in [3.8, 4) is 0 Å². The standard InChI is InChI=1S/C20H26N4O4/c1-3-15-6-4-7-16(11-15)21-20(26)24(12-17-8-5-9-27-17)13-19(25)22-18-10-14(2)28-23-18/h4,6-7,10-11,17H,3,5,8-9,12-13H2,1-2H3,(H,21,26)(H,22,23,25). The maximum Gasteiger partial charge on any atom is 0.322 e. The second-order valence-electron chi connectivity index (χ2n) is 6.87. The van der Waals surface area contributed by atoms with E-state index in [1.807, 2.05) is 24.3 Å². The largest absolute Gasteiger partial charge is 0.376 e. The van der Waals surface area contributed by atoms with E-state index >= 15 is 0 Å². The van der Waals surface area contributed by atoms with Gasteiger partial charge in [-0.2, -0.15) is 0 Å². The van der Waals surface area contributed by atoms with Crippen molar-refractivity contribution in [2.75, 3.05) is 30.3 Å². The van der Waals surface area contributed by atoms with E-state index in [0.717, 1.165) is 24.8 Å². The Morgan fingerprint density at radius 3 is 2.82 bits per heavy atom. The summed E-state index contributed by atoms with van der Waals surface area (Å²) in [6.45, 7) is 4.73. The van der Waals surface area contributed by atoms with Crippen LogP contribution in [0.15, 0.2) is 34.9 Å². The third kappa shape index (κ3) is 5.56. The minimum Gasteiger partial charge on any atom is -0.376 e. The Morgan fingerprint density at radius 2 is 2.14 bits per heavy atom. The predicted octanol–water partition coefficient (Wildman–Crippen LogP) is 3.20. The van der Waals surface area contributed by atoms with Gasteiger partial charge in [-0.05, 0) is 43.9 Å². The highest BCUT2D eigenvalue weighted by Crippen LogP contribution is 2.16. The molecule has 1 atom stereocenters. The van der Waals surface area contributed by atoms with E-state index in [1.165, 1.54) is 4.90 Å². The van der Waals surface area contributed by atoms with Gasteiger partial charge in [-0.25, -0.2) is 4.79 Å². The zero-order valence-electron chi connectivity index (χ0n) is 16.2. The van der Waals surface area contributed by atoms with Crippen LogP contribution in [-0.4, -0.2) is 47.8 Å². The zero-order chi connectivity index (χ0) is 19.9. The Labute approximate surface area is 164 Å². The second kappa shape index (κ2) is 9.36. The molecule has 3 rings (SSSR count). The molecule has 1 aromatic heterocycles. The molecule has 2 heterocycles. The number of carbonyl (C=O) groups excluding carboxylic acids is 2. The van der Waals surface area contributed by atoms with Crippen LogP contribution in [0.4, 0.5) is 16.3 Å². The molecule has 0 aliphatic carbocycles. The minimum atomic E-state index is -0.344. The Hall–Kier alpha value is -2.87. The number of carbonyl (C=O) groups is 2. The van der Waals surface area contributed by atoms with Crippen LogP contribution >= 0.6 is 0 Å².